The van der Waals surface area contributed by atoms with E-state index in [2.05, 4.69) is 39.1 Å². The lowest BCUT2D eigenvalue weighted by Gasteiger charge is -2.33. The van der Waals surface area contributed by atoms with Crippen molar-refractivity contribution in [2.75, 3.05) is 37.3 Å². The molecule has 0 unspecified atom stereocenters. The van der Waals surface area contributed by atoms with Gasteiger partial charge in [-0.05, 0) is 41.7 Å². The van der Waals surface area contributed by atoms with E-state index in [1.165, 1.54) is 11.8 Å². The summed E-state index contributed by atoms with van der Waals surface area (Å²) in [4.78, 5) is 23.5. The zero-order valence-corrected chi connectivity index (χ0v) is 18.9. The first-order chi connectivity index (χ1) is 15.4. The highest BCUT2D eigenvalue weighted by Crippen LogP contribution is 2.35. The molecule has 2 fully saturated rings. The van der Waals surface area contributed by atoms with Gasteiger partial charge in [0.2, 0.25) is 16.4 Å². The van der Waals surface area contributed by atoms with Gasteiger partial charge < -0.3 is 4.98 Å². The third kappa shape index (κ3) is 4.28. The highest BCUT2D eigenvalue weighted by Gasteiger charge is 2.30. The monoisotopic (exact) mass is 453 g/mol. The minimum absolute atomic E-state index is 0.255. The molecule has 1 N–H and O–H groups in total. The van der Waals surface area contributed by atoms with Gasteiger partial charge in [0.05, 0.1) is 6.26 Å². The van der Waals surface area contributed by atoms with Gasteiger partial charge in [0.15, 0.2) is 0 Å². The fourth-order valence-corrected chi connectivity index (χ4v) is 5.17. The highest BCUT2D eigenvalue weighted by atomic mass is 32.2. The molecule has 1 amide bonds. The normalized spacial score (nSPS) is 18.2. The molecule has 32 heavy (non-hydrogen) atoms. The van der Waals surface area contributed by atoms with Crippen molar-refractivity contribution in [1.82, 2.24) is 19.2 Å². The van der Waals surface area contributed by atoms with Crippen molar-refractivity contribution in [2.24, 2.45) is 0 Å². The van der Waals surface area contributed by atoms with Crippen molar-refractivity contribution >= 4 is 33.3 Å². The molecule has 5 rings (SSSR count). The van der Waals surface area contributed by atoms with Crippen molar-refractivity contribution in [3.8, 4) is 11.1 Å². The van der Waals surface area contributed by atoms with Crippen LogP contribution in [0.5, 0.6) is 0 Å². The number of benzene rings is 1. The minimum Gasteiger partial charge on any atom is -0.346 e. The zero-order chi connectivity index (χ0) is 22.3. The number of fused-ring (bicyclic) bond motifs is 1. The second kappa shape index (κ2) is 8.31. The SMILES string of the molecule is CS(=O)(=O)N1CCN(Cc2ccc(-c3cc(N(C=O)C4CC4)nc4[nH]ccc34)cc2)CC1. The lowest BCUT2D eigenvalue weighted by Crippen LogP contribution is -2.47. The van der Waals surface area contributed by atoms with E-state index in [9.17, 15) is 13.2 Å². The number of carbonyl (C=O) groups is 1. The largest absolute Gasteiger partial charge is 0.346 e. The van der Waals surface area contributed by atoms with Crippen LogP contribution < -0.4 is 4.90 Å². The molecule has 3 aromatic rings. The van der Waals surface area contributed by atoms with E-state index < -0.39 is 10.0 Å². The first-order valence-corrected chi connectivity index (χ1v) is 12.8. The Labute approximate surface area is 187 Å². The van der Waals surface area contributed by atoms with Gasteiger partial charge in [-0.15, -0.1) is 0 Å². The lowest BCUT2D eigenvalue weighted by atomic mass is 10.0. The molecular formula is C23H27N5O3S. The first kappa shape index (κ1) is 21.1. The van der Waals surface area contributed by atoms with Crippen LogP contribution in [-0.2, 0) is 21.4 Å². The summed E-state index contributed by atoms with van der Waals surface area (Å²) >= 11 is 0. The second-order valence-electron chi connectivity index (χ2n) is 8.65. The predicted molar refractivity (Wildman–Crippen MR) is 125 cm³/mol. The molecule has 3 heterocycles. The number of nitrogens with zero attached hydrogens (tertiary/aromatic N) is 4. The molecule has 0 spiro atoms. The number of aromatic nitrogens is 2. The molecule has 1 saturated heterocycles. The lowest BCUT2D eigenvalue weighted by molar-refractivity contribution is -0.107. The molecule has 2 aliphatic rings. The van der Waals surface area contributed by atoms with Crippen LogP contribution in [0, 0.1) is 0 Å². The van der Waals surface area contributed by atoms with Gasteiger partial charge >= 0.3 is 0 Å². The summed E-state index contributed by atoms with van der Waals surface area (Å²) in [7, 11) is -3.11. The minimum atomic E-state index is -3.11. The first-order valence-electron chi connectivity index (χ1n) is 10.9. The van der Waals surface area contributed by atoms with E-state index >= 15 is 0 Å². The number of piperazine rings is 1. The molecule has 2 aromatic heterocycles. The maximum Gasteiger partial charge on any atom is 0.215 e. The smallest absolute Gasteiger partial charge is 0.215 e. The molecule has 0 radical (unpaired) electrons. The Morgan fingerprint density at radius 1 is 1.12 bits per heavy atom. The van der Waals surface area contributed by atoms with Gasteiger partial charge in [-0.1, -0.05) is 24.3 Å². The van der Waals surface area contributed by atoms with Crippen LogP contribution in [-0.4, -0.2) is 72.5 Å². The van der Waals surface area contributed by atoms with Crippen LogP contribution in [0.1, 0.15) is 18.4 Å². The van der Waals surface area contributed by atoms with Crippen LogP contribution in [0.15, 0.2) is 42.6 Å². The molecule has 0 bridgehead atoms. The maximum atomic E-state index is 11.7. The van der Waals surface area contributed by atoms with Crippen molar-refractivity contribution in [3.63, 3.8) is 0 Å². The fraction of sp³-hybridized carbons (Fsp3) is 0.391. The topological polar surface area (TPSA) is 89.6 Å². The van der Waals surface area contributed by atoms with E-state index in [1.54, 1.807) is 9.21 Å². The number of hydrogen-bond donors (Lipinski definition) is 1. The predicted octanol–water partition coefficient (Wildman–Crippen LogP) is 2.43. The molecule has 1 saturated carbocycles. The Bertz CT molecular complexity index is 1230. The van der Waals surface area contributed by atoms with Crippen molar-refractivity contribution in [2.45, 2.75) is 25.4 Å². The third-order valence-electron chi connectivity index (χ3n) is 6.30. The molecule has 8 nitrogen and oxygen atoms in total. The molecule has 1 aliphatic carbocycles. The van der Waals surface area contributed by atoms with Gasteiger partial charge in [0.25, 0.3) is 0 Å². The Hall–Kier alpha value is -2.75. The molecule has 168 valence electrons. The summed E-state index contributed by atoms with van der Waals surface area (Å²) in [6, 6.07) is 12.7. The van der Waals surface area contributed by atoms with Gasteiger partial charge in [0, 0.05) is 50.3 Å². The molecule has 0 atom stereocenters. The van der Waals surface area contributed by atoms with Gasteiger partial charge in [-0.3, -0.25) is 14.6 Å². The standard InChI is InChI=1S/C23H27N5O3S/c1-32(30,31)27-12-10-26(11-13-27)15-17-2-4-18(5-3-17)21-14-22(28(16-29)19-6-7-19)25-23-20(21)8-9-24-23/h2-5,8-9,14,16,19H,6-7,10-13,15H2,1H3,(H,24,25). The Balaban J connectivity index is 1.35. The number of anilines is 1. The van der Waals surface area contributed by atoms with Crippen LogP contribution in [0.25, 0.3) is 22.2 Å². The summed E-state index contributed by atoms with van der Waals surface area (Å²) in [6.07, 6.45) is 6.06. The van der Waals surface area contributed by atoms with E-state index in [4.69, 9.17) is 0 Å². The van der Waals surface area contributed by atoms with Crippen molar-refractivity contribution in [1.29, 1.82) is 0 Å². The Morgan fingerprint density at radius 3 is 2.47 bits per heavy atom. The summed E-state index contributed by atoms with van der Waals surface area (Å²) in [5.74, 6) is 0.681. The highest BCUT2D eigenvalue weighted by molar-refractivity contribution is 7.88. The van der Waals surface area contributed by atoms with E-state index in [0.717, 1.165) is 61.0 Å². The fourth-order valence-electron chi connectivity index (χ4n) is 4.34. The third-order valence-corrected chi connectivity index (χ3v) is 7.61. The average Bonchev–Trinajstić information content (AvgIpc) is 3.50. The summed E-state index contributed by atoms with van der Waals surface area (Å²) in [5.41, 5.74) is 4.09. The number of nitrogens with one attached hydrogen (secondary N) is 1. The zero-order valence-electron chi connectivity index (χ0n) is 18.1. The van der Waals surface area contributed by atoms with E-state index in [0.29, 0.717) is 18.9 Å². The average molecular weight is 454 g/mol. The number of sulfonamides is 1. The summed E-state index contributed by atoms with van der Waals surface area (Å²) in [6.45, 7) is 3.33. The van der Waals surface area contributed by atoms with E-state index in [-0.39, 0.29) is 6.04 Å². The Morgan fingerprint density at radius 2 is 1.84 bits per heavy atom. The van der Waals surface area contributed by atoms with Gasteiger partial charge in [0.1, 0.15) is 11.5 Å². The summed E-state index contributed by atoms with van der Waals surface area (Å²) < 4.78 is 24.9. The van der Waals surface area contributed by atoms with Gasteiger partial charge in [-0.2, -0.15) is 4.31 Å². The molecule has 1 aromatic carbocycles. The quantitative estimate of drug-likeness (QED) is 0.555. The van der Waals surface area contributed by atoms with Crippen LogP contribution in [0.2, 0.25) is 0 Å². The van der Waals surface area contributed by atoms with Crippen LogP contribution in [0.4, 0.5) is 5.82 Å². The van der Waals surface area contributed by atoms with Crippen LogP contribution >= 0.6 is 0 Å². The Kier molecular flexibility index (Phi) is 5.48. The number of amides is 1. The number of rotatable bonds is 7. The van der Waals surface area contributed by atoms with Crippen LogP contribution in [0.3, 0.4) is 0 Å². The number of aromatic amines is 1. The summed E-state index contributed by atoms with van der Waals surface area (Å²) in [5, 5.41) is 1.03. The number of H-pyrrole nitrogens is 1. The number of hydrogen-bond acceptors (Lipinski definition) is 5. The van der Waals surface area contributed by atoms with Crippen molar-refractivity contribution in [3.05, 3.63) is 48.2 Å². The molecule has 1 aliphatic heterocycles. The molecular weight excluding hydrogens is 426 g/mol. The van der Waals surface area contributed by atoms with Crippen molar-refractivity contribution < 1.29 is 13.2 Å². The second-order valence-corrected chi connectivity index (χ2v) is 10.6. The van der Waals surface area contributed by atoms with E-state index in [1.807, 2.05) is 18.3 Å². The molecule has 9 heteroatoms. The maximum absolute atomic E-state index is 11.7. The number of carbonyl (C=O) groups excluding carboxylic acids is 1. The number of pyridine rings is 1. The van der Waals surface area contributed by atoms with Gasteiger partial charge in [-0.25, -0.2) is 13.4 Å².